The van der Waals surface area contributed by atoms with Crippen molar-refractivity contribution in [3.05, 3.63) is 11.8 Å². The van der Waals surface area contributed by atoms with Crippen molar-refractivity contribution in [2.45, 2.75) is 13.8 Å². The minimum absolute atomic E-state index is 0.288. The molecule has 0 aliphatic carbocycles. The Morgan fingerprint density at radius 3 is 2.82 bits per heavy atom. The van der Waals surface area contributed by atoms with E-state index in [4.69, 9.17) is 9.47 Å². The van der Waals surface area contributed by atoms with Crippen LogP contribution in [0.1, 0.15) is 13.8 Å². The SMILES string of the molecule is CCOC(=O)C=C(C)NCCN1CCOCC1. The predicted molar refractivity (Wildman–Crippen MR) is 65.7 cm³/mol. The zero-order valence-electron chi connectivity index (χ0n) is 10.7. The Hall–Kier alpha value is -1.07. The van der Waals surface area contributed by atoms with Gasteiger partial charge in [0.25, 0.3) is 0 Å². The summed E-state index contributed by atoms with van der Waals surface area (Å²) < 4.78 is 10.1. The summed E-state index contributed by atoms with van der Waals surface area (Å²) in [7, 11) is 0. The summed E-state index contributed by atoms with van der Waals surface area (Å²) in [6, 6.07) is 0. The lowest BCUT2D eigenvalue weighted by molar-refractivity contribution is -0.137. The van der Waals surface area contributed by atoms with Gasteiger partial charge in [-0.05, 0) is 13.8 Å². The van der Waals surface area contributed by atoms with E-state index >= 15 is 0 Å². The van der Waals surface area contributed by atoms with E-state index in [0.29, 0.717) is 6.61 Å². The van der Waals surface area contributed by atoms with E-state index in [2.05, 4.69) is 10.2 Å². The average molecular weight is 242 g/mol. The fourth-order valence-electron chi connectivity index (χ4n) is 1.65. The molecule has 1 fully saturated rings. The summed E-state index contributed by atoms with van der Waals surface area (Å²) >= 11 is 0. The van der Waals surface area contributed by atoms with Gasteiger partial charge in [0.05, 0.1) is 19.8 Å². The number of rotatable bonds is 6. The number of carbonyl (C=O) groups is 1. The van der Waals surface area contributed by atoms with Crippen molar-refractivity contribution in [3.8, 4) is 0 Å². The Morgan fingerprint density at radius 2 is 2.18 bits per heavy atom. The molecule has 17 heavy (non-hydrogen) atoms. The molecule has 0 bridgehead atoms. The van der Waals surface area contributed by atoms with Crippen molar-refractivity contribution in [1.29, 1.82) is 0 Å². The zero-order chi connectivity index (χ0) is 12.5. The molecule has 1 aliphatic heterocycles. The Bertz CT molecular complexity index is 260. The quantitative estimate of drug-likeness (QED) is 0.539. The molecule has 1 rings (SSSR count). The van der Waals surface area contributed by atoms with Gasteiger partial charge in [0.1, 0.15) is 0 Å². The predicted octanol–water partition coefficient (Wildman–Crippen LogP) is 0.375. The van der Waals surface area contributed by atoms with Crippen LogP contribution in [0.15, 0.2) is 11.8 Å². The van der Waals surface area contributed by atoms with Crippen LogP contribution >= 0.6 is 0 Å². The Balaban J connectivity index is 2.14. The van der Waals surface area contributed by atoms with Crippen LogP contribution in [0.2, 0.25) is 0 Å². The Kier molecular flexibility index (Phi) is 6.65. The highest BCUT2D eigenvalue weighted by atomic mass is 16.5. The molecule has 0 radical (unpaired) electrons. The molecule has 1 heterocycles. The highest BCUT2D eigenvalue weighted by Gasteiger charge is 2.09. The Morgan fingerprint density at radius 1 is 1.47 bits per heavy atom. The third-order valence-electron chi connectivity index (χ3n) is 2.56. The van der Waals surface area contributed by atoms with Gasteiger partial charge in [-0.2, -0.15) is 0 Å². The van der Waals surface area contributed by atoms with Gasteiger partial charge in [0, 0.05) is 38.0 Å². The molecule has 0 amide bonds. The molecule has 1 aliphatic rings. The number of allylic oxidation sites excluding steroid dienone is 1. The smallest absolute Gasteiger partial charge is 0.332 e. The maximum absolute atomic E-state index is 11.2. The topological polar surface area (TPSA) is 50.8 Å². The van der Waals surface area contributed by atoms with Gasteiger partial charge in [-0.1, -0.05) is 0 Å². The van der Waals surface area contributed by atoms with Gasteiger partial charge < -0.3 is 14.8 Å². The largest absolute Gasteiger partial charge is 0.463 e. The van der Waals surface area contributed by atoms with Crippen molar-refractivity contribution in [1.82, 2.24) is 10.2 Å². The van der Waals surface area contributed by atoms with Gasteiger partial charge in [-0.15, -0.1) is 0 Å². The molecular formula is C12H22N2O3. The molecular weight excluding hydrogens is 220 g/mol. The maximum atomic E-state index is 11.2. The lowest BCUT2D eigenvalue weighted by Gasteiger charge is -2.26. The van der Waals surface area contributed by atoms with Crippen molar-refractivity contribution in [2.75, 3.05) is 46.0 Å². The number of nitrogens with zero attached hydrogens (tertiary/aromatic N) is 1. The first-order valence-electron chi connectivity index (χ1n) is 6.11. The van der Waals surface area contributed by atoms with E-state index in [1.807, 2.05) is 6.92 Å². The Labute approximate surface area is 103 Å². The van der Waals surface area contributed by atoms with Gasteiger partial charge in [-0.3, -0.25) is 4.90 Å². The highest BCUT2D eigenvalue weighted by molar-refractivity contribution is 5.82. The van der Waals surface area contributed by atoms with Crippen molar-refractivity contribution < 1.29 is 14.3 Å². The van der Waals surface area contributed by atoms with Gasteiger partial charge >= 0.3 is 5.97 Å². The second-order valence-electron chi connectivity index (χ2n) is 3.96. The molecule has 5 heteroatoms. The number of morpholine rings is 1. The number of nitrogens with one attached hydrogen (secondary N) is 1. The lowest BCUT2D eigenvalue weighted by atomic mass is 10.4. The second kappa shape index (κ2) is 8.08. The molecule has 0 aromatic heterocycles. The molecule has 0 saturated carbocycles. The van der Waals surface area contributed by atoms with E-state index in [1.165, 1.54) is 6.08 Å². The molecule has 0 spiro atoms. The van der Waals surface area contributed by atoms with Crippen LogP contribution in [0.5, 0.6) is 0 Å². The number of carbonyl (C=O) groups excluding carboxylic acids is 1. The average Bonchev–Trinajstić information content (AvgIpc) is 2.30. The summed E-state index contributed by atoms with van der Waals surface area (Å²) in [5, 5.41) is 3.20. The van der Waals surface area contributed by atoms with E-state index in [1.54, 1.807) is 6.92 Å². The van der Waals surface area contributed by atoms with E-state index in [-0.39, 0.29) is 5.97 Å². The van der Waals surface area contributed by atoms with Crippen LogP contribution in [-0.2, 0) is 14.3 Å². The second-order valence-corrected chi connectivity index (χ2v) is 3.96. The molecule has 5 nitrogen and oxygen atoms in total. The van der Waals surface area contributed by atoms with E-state index in [0.717, 1.165) is 45.1 Å². The van der Waals surface area contributed by atoms with E-state index < -0.39 is 0 Å². The number of ether oxygens (including phenoxy) is 2. The molecule has 0 aromatic carbocycles. The van der Waals surface area contributed by atoms with Crippen LogP contribution in [0, 0.1) is 0 Å². The number of esters is 1. The fourth-order valence-corrected chi connectivity index (χ4v) is 1.65. The maximum Gasteiger partial charge on any atom is 0.332 e. The van der Waals surface area contributed by atoms with Crippen molar-refractivity contribution >= 4 is 5.97 Å². The highest BCUT2D eigenvalue weighted by Crippen LogP contribution is 1.96. The van der Waals surface area contributed by atoms with Crippen LogP contribution < -0.4 is 5.32 Å². The summed E-state index contributed by atoms with van der Waals surface area (Å²) in [5.41, 5.74) is 0.844. The fraction of sp³-hybridized carbons (Fsp3) is 0.750. The molecule has 0 unspecified atom stereocenters. The monoisotopic (exact) mass is 242 g/mol. The third kappa shape index (κ3) is 6.28. The van der Waals surface area contributed by atoms with Crippen molar-refractivity contribution in [2.24, 2.45) is 0 Å². The normalized spacial score (nSPS) is 17.9. The summed E-state index contributed by atoms with van der Waals surface area (Å²) in [5.74, 6) is -0.288. The molecule has 98 valence electrons. The zero-order valence-corrected chi connectivity index (χ0v) is 10.7. The molecule has 1 N–H and O–H groups in total. The number of hydrogen-bond acceptors (Lipinski definition) is 5. The van der Waals surface area contributed by atoms with Crippen LogP contribution in [0.4, 0.5) is 0 Å². The summed E-state index contributed by atoms with van der Waals surface area (Å²) in [4.78, 5) is 13.5. The first-order chi connectivity index (χ1) is 8.22. The molecule has 1 saturated heterocycles. The van der Waals surface area contributed by atoms with Crippen LogP contribution in [0.25, 0.3) is 0 Å². The lowest BCUT2D eigenvalue weighted by Crippen LogP contribution is -2.40. The van der Waals surface area contributed by atoms with Crippen molar-refractivity contribution in [3.63, 3.8) is 0 Å². The molecule has 0 aromatic rings. The van der Waals surface area contributed by atoms with Crippen LogP contribution in [-0.4, -0.2) is 56.9 Å². The summed E-state index contributed by atoms with van der Waals surface area (Å²) in [6.45, 7) is 9.50. The minimum atomic E-state index is -0.288. The number of hydrogen-bond donors (Lipinski definition) is 1. The molecule has 0 atom stereocenters. The third-order valence-corrected chi connectivity index (χ3v) is 2.56. The minimum Gasteiger partial charge on any atom is -0.463 e. The van der Waals surface area contributed by atoms with Gasteiger partial charge in [-0.25, -0.2) is 4.79 Å². The summed E-state index contributed by atoms with van der Waals surface area (Å²) in [6.07, 6.45) is 1.49. The van der Waals surface area contributed by atoms with Gasteiger partial charge in [0.15, 0.2) is 0 Å². The van der Waals surface area contributed by atoms with Crippen LogP contribution in [0.3, 0.4) is 0 Å². The van der Waals surface area contributed by atoms with Gasteiger partial charge in [0.2, 0.25) is 0 Å². The first-order valence-corrected chi connectivity index (χ1v) is 6.11. The first kappa shape index (κ1) is 14.0. The van der Waals surface area contributed by atoms with E-state index in [9.17, 15) is 4.79 Å². The standard InChI is InChI=1S/C12H22N2O3/c1-3-17-12(15)10-11(2)13-4-5-14-6-8-16-9-7-14/h10,13H,3-9H2,1-2H3.